The molecule has 35 heavy (non-hydrogen) atoms. The minimum Gasteiger partial charge on any atom is -0.480 e. The first kappa shape index (κ1) is 24.8. The van der Waals surface area contributed by atoms with Crippen LogP contribution in [0.3, 0.4) is 0 Å². The Morgan fingerprint density at radius 3 is 2.06 bits per heavy atom. The van der Waals surface area contributed by atoms with Gasteiger partial charge in [-0.05, 0) is 40.5 Å². The third-order valence-corrected chi connectivity index (χ3v) is 7.35. The van der Waals surface area contributed by atoms with E-state index in [2.05, 4.69) is 34.9 Å². The van der Waals surface area contributed by atoms with Crippen LogP contribution in [0, 0.1) is 10.8 Å². The van der Waals surface area contributed by atoms with Crippen LogP contribution in [0.5, 0.6) is 0 Å². The first-order valence-corrected chi connectivity index (χ1v) is 12.2. The minimum absolute atomic E-state index is 0.0417. The number of hydrogen-bond donors (Lipinski definition) is 3. The highest BCUT2D eigenvalue weighted by atomic mass is 16.5. The van der Waals surface area contributed by atoms with Gasteiger partial charge in [-0.1, -0.05) is 82.1 Å². The number of carboxylic acid groups (broad SMARTS) is 1. The quantitative estimate of drug-likeness (QED) is 0.535. The van der Waals surface area contributed by atoms with E-state index in [1.54, 1.807) is 20.8 Å². The molecular weight excluding hydrogens is 444 g/mol. The number of benzene rings is 2. The molecule has 186 valence electrons. The van der Waals surface area contributed by atoms with E-state index in [0.717, 1.165) is 35.1 Å². The number of carbonyl (C=O) groups excluding carboxylic acids is 2. The normalized spacial score (nSPS) is 17.2. The lowest BCUT2D eigenvalue weighted by Gasteiger charge is -2.33. The Hall–Kier alpha value is -3.35. The molecule has 2 aromatic rings. The maximum atomic E-state index is 13.2. The molecule has 4 rings (SSSR count). The molecule has 0 aromatic heterocycles. The summed E-state index contributed by atoms with van der Waals surface area (Å²) in [6, 6.07) is 15.3. The van der Waals surface area contributed by atoms with Gasteiger partial charge < -0.3 is 20.5 Å². The number of hydrogen-bond acceptors (Lipinski definition) is 4. The van der Waals surface area contributed by atoms with Crippen LogP contribution in [0.1, 0.15) is 63.5 Å². The summed E-state index contributed by atoms with van der Waals surface area (Å²) < 4.78 is 5.62. The monoisotopic (exact) mass is 478 g/mol. The third-order valence-electron chi connectivity index (χ3n) is 7.35. The first-order chi connectivity index (χ1) is 16.6. The van der Waals surface area contributed by atoms with Gasteiger partial charge >= 0.3 is 12.1 Å². The standard InChI is InChI=1S/C28H34N2O5/c1-27(2,3)23(24(31)32)30-25(33)28(14-8-9-15-28)17-29-26(34)35-16-22-20-12-6-4-10-18(20)19-11-5-7-13-21(19)22/h4-7,10-13,22-23H,8-9,14-17H2,1-3H3,(H,29,34)(H,30,33)(H,31,32). The predicted octanol–water partition coefficient (Wildman–Crippen LogP) is 4.70. The molecule has 0 saturated heterocycles. The van der Waals surface area contributed by atoms with Crippen molar-refractivity contribution in [3.05, 3.63) is 59.7 Å². The van der Waals surface area contributed by atoms with Crippen molar-refractivity contribution in [1.29, 1.82) is 0 Å². The number of alkyl carbamates (subject to hydrolysis) is 1. The van der Waals surface area contributed by atoms with E-state index in [9.17, 15) is 19.5 Å². The molecule has 2 amide bonds. The largest absolute Gasteiger partial charge is 0.480 e. The molecule has 2 aliphatic carbocycles. The lowest BCUT2D eigenvalue weighted by atomic mass is 9.82. The van der Waals surface area contributed by atoms with Crippen LogP contribution in [0.4, 0.5) is 4.79 Å². The van der Waals surface area contributed by atoms with Crippen molar-refractivity contribution < 1.29 is 24.2 Å². The Kier molecular flexibility index (Phi) is 6.88. The van der Waals surface area contributed by atoms with Crippen LogP contribution < -0.4 is 10.6 Å². The van der Waals surface area contributed by atoms with Crippen LogP contribution in [0.15, 0.2) is 48.5 Å². The molecule has 3 N–H and O–H groups in total. The van der Waals surface area contributed by atoms with Gasteiger partial charge in [0.2, 0.25) is 5.91 Å². The van der Waals surface area contributed by atoms with Crippen LogP contribution in [-0.2, 0) is 14.3 Å². The molecule has 1 saturated carbocycles. The molecule has 2 aromatic carbocycles. The highest BCUT2D eigenvalue weighted by Crippen LogP contribution is 2.44. The summed E-state index contributed by atoms with van der Waals surface area (Å²) in [5.74, 6) is -1.43. The van der Waals surface area contributed by atoms with Crippen molar-refractivity contribution in [2.45, 2.75) is 58.4 Å². The summed E-state index contributed by atoms with van der Waals surface area (Å²) in [6.07, 6.45) is 2.33. The van der Waals surface area contributed by atoms with Gasteiger partial charge in [-0.25, -0.2) is 9.59 Å². The van der Waals surface area contributed by atoms with Gasteiger partial charge in [0.1, 0.15) is 12.6 Å². The molecule has 0 radical (unpaired) electrons. The summed E-state index contributed by atoms with van der Waals surface area (Å²) in [5, 5.41) is 15.1. The summed E-state index contributed by atoms with van der Waals surface area (Å²) in [4.78, 5) is 37.6. The third kappa shape index (κ3) is 5.04. The SMILES string of the molecule is CC(C)(C)C(NC(=O)C1(CNC(=O)OCC2c3ccccc3-c3ccccc32)CCCC1)C(=O)O. The fourth-order valence-electron chi connectivity index (χ4n) is 5.36. The van der Waals surface area contributed by atoms with Crippen molar-refractivity contribution in [3.63, 3.8) is 0 Å². The van der Waals surface area contributed by atoms with Gasteiger partial charge in [-0.3, -0.25) is 4.79 Å². The summed E-state index contributed by atoms with van der Waals surface area (Å²) in [6.45, 7) is 5.66. The van der Waals surface area contributed by atoms with Gasteiger partial charge in [0.05, 0.1) is 5.41 Å². The molecule has 1 unspecified atom stereocenters. The Bertz CT molecular complexity index is 1070. The summed E-state index contributed by atoms with van der Waals surface area (Å²) in [7, 11) is 0. The first-order valence-electron chi connectivity index (χ1n) is 12.2. The number of ether oxygens (including phenoxy) is 1. The Labute approximate surface area is 206 Å². The van der Waals surface area contributed by atoms with Crippen molar-refractivity contribution in [3.8, 4) is 11.1 Å². The van der Waals surface area contributed by atoms with Crippen LogP contribution in [-0.4, -0.2) is 42.3 Å². The highest BCUT2D eigenvalue weighted by molar-refractivity contribution is 5.88. The second-order valence-corrected chi connectivity index (χ2v) is 10.8. The maximum absolute atomic E-state index is 13.2. The predicted molar refractivity (Wildman–Crippen MR) is 133 cm³/mol. The number of nitrogens with one attached hydrogen (secondary N) is 2. The van der Waals surface area contributed by atoms with Crippen molar-refractivity contribution in [1.82, 2.24) is 10.6 Å². The summed E-state index contributed by atoms with van der Waals surface area (Å²) in [5.41, 5.74) is 3.12. The van der Waals surface area contributed by atoms with E-state index in [1.165, 1.54) is 0 Å². The van der Waals surface area contributed by atoms with E-state index >= 15 is 0 Å². The lowest BCUT2D eigenvalue weighted by molar-refractivity contribution is -0.147. The van der Waals surface area contributed by atoms with Gasteiger partial charge in [0, 0.05) is 12.5 Å². The zero-order valence-electron chi connectivity index (χ0n) is 20.6. The molecule has 0 heterocycles. The van der Waals surface area contributed by atoms with Crippen molar-refractivity contribution in [2.24, 2.45) is 10.8 Å². The van der Waals surface area contributed by atoms with E-state index in [4.69, 9.17) is 4.74 Å². The number of rotatable bonds is 7. The minimum atomic E-state index is -1.07. The van der Waals surface area contributed by atoms with E-state index in [0.29, 0.717) is 12.8 Å². The second-order valence-electron chi connectivity index (χ2n) is 10.8. The van der Waals surface area contributed by atoms with Crippen LogP contribution in [0.25, 0.3) is 11.1 Å². The van der Waals surface area contributed by atoms with Gasteiger partial charge in [0.15, 0.2) is 0 Å². The van der Waals surface area contributed by atoms with Gasteiger partial charge in [-0.15, -0.1) is 0 Å². The van der Waals surface area contributed by atoms with E-state index < -0.39 is 28.9 Å². The number of amides is 2. The maximum Gasteiger partial charge on any atom is 0.407 e. The Balaban J connectivity index is 1.39. The molecule has 7 heteroatoms. The number of carboxylic acids is 1. The average Bonchev–Trinajstić information content (AvgIpc) is 3.43. The number of fused-ring (bicyclic) bond motifs is 3. The van der Waals surface area contributed by atoms with E-state index in [1.807, 2.05) is 24.3 Å². The topological polar surface area (TPSA) is 105 Å². The second kappa shape index (κ2) is 9.72. The Morgan fingerprint density at radius 2 is 1.54 bits per heavy atom. The molecular formula is C28H34N2O5. The van der Waals surface area contributed by atoms with Crippen molar-refractivity contribution in [2.75, 3.05) is 13.2 Å². The zero-order valence-corrected chi connectivity index (χ0v) is 20.6. The van der Waals surface area contributed by atoms with Gasteiger partial charge in [-0.2, -0.15) is 0 Å². The number of carbonyl (C=O) groups is 3. The molecule has 0 aliphatic heterocycles. The highest BCUT2D eigenvalue weighted by Gasteiger charge is 2.44. The summed E-state index contributed by atoms with van der Waals surface area (Å²) >= 11 is 0. The van der Waals surface area contributed by atoms with Gasteiger partial charge in [0.25, 0.3) is 0 Å². The molecule has 1 atom stereocenters. The van der Waals surface area contributed by atoms with Crippen LogP contribution in [0.2, 0.25) is 0 Å². The van der Waals surface area contributed by atoms with E-state index in [-0.39, 0.29) is 25.0 Å². The molecule has 2 aliphatic rings. The smallest absolute Gasteiger partial charge is 0.407 e. The molecule has 7 nitrogen and oxygen atoms in total. The molecule has 1 fully saturated rings. The fourth-order valence-corrected chi connectivity index (χ4v) is 5.36. The Morgan fingerprint density at radius 1 is 1.00 bits per heavy atom. The number of aliphatic carboxylic acids is 1. The zero-order chi connectivity index (χ0) is 25.2. The molecule has 0 bridgehead atoms. The molecule has 0 spiro atoms. The fraction of sp³-hybridized carbons (Fsp3) is 0.464. The lowest BCUT2D eigenvalue weighted by Crippen LogP contribution is -2.55. The van der Waals surface area contributed by atoms with Crippen molar-refractivity contribution >= 4 is 18.0 Å². The average molecular weight is 479 g/mol. The van der Waals surface area contributed by atoms with Crippen LogP contribution >= 0.6 is 0 Å².